The molecular formula is C12H8N4. The summed E-state index contributed by atoms with van der Waals surface area (Å²) in [4.78, 5) is 0. The Balaban J connectivity index is 2.18. The van der Waals surface area contributed by atoms with Gasteiger partial charge in [0.1, 0.15) is 0 Å². The van der Waals surface area contributed by atoms with E-state index in [-0.39, 0.29) is 0 Å². The maximum absolute atomic E-state index is 4.09. The average Bonchev–Trinajstić information content (AvgIpc) is 3.17. The number of hydrogen-bond acceptors (Lipinski definition) is 4. The molecule has 0 bridgehead atoms. The smallest absolute Gasteiger partial charge is 0.0950 e. The molecule has 0 amide bonds. The topological polar surface area (TPSA) is 51.6 Å². The van der Waals surface area contributed by atoms with Gasteiger partial charge >= 0.3 is 0 Å². The third-order valence-corrected chi connectivity index (χ3v) is 3.11. The first-order chi connectivity index (χ1) is 7.93. The lowest BCUT2D eigenvalue weighted by Crippen LogP contribution is -1.84. The first kappa shape index (κ1) is 8.10. The highest BCUT2D eigenvalue weighted by Gasteiger charge is 2.31. The van der Waals surface area contributed by atoms with Crippen molar-refractivity contribution < 1.29 is 0 Å². The molecule has 76 valence electrons. The minimum absolute atomic E-state index is 0.885. The van der Waals surface area contributed by atoms with Crippen molar-refractivity contribution in [2.45, 2.75) is 12.8 Å². The van der Waals surface area contributed by atoms with E-state index in [0.717, 1.165) is 24.1 Å². The molecule has 0 atom stereocenters. The Labute approximate surface area is 91.7 Å². The minimum Gasteiger partial charge on any atom is -0.133 e. The number of benzene rings is 1. The Morgan fingerprint density at radius 3 is 2.69 bits per heavy atom. The molecule has 0 aliphatic heterocycles. The van der Waals surface area contributed by atoms with Gasteiger partial charge in [-0.3, -0.25) is 0 Å². The van der Waals surface area contributed by atoms with Crippen LogP contribution in [0.15, 0.2) is 24.3 Å². The molecule has 1 aromatic heterocycles. The second kappa shape index (κ2) is 2.72. The minimum atomic E-state index is 0.885. The van der Waals surface area contributed by atoms with Crippen LogP contribution in [0.25, 0.3) is 10.9 Å². The largest absolute Gasteiger partial charge is 0.133 e. The van der Waals surface area contributed by atoms with Gasteiger partial charge in [0.05, 0.1) is 11.2 Å². The van der Waals surface area contributed by atoms with Crippen molar-refractivity contribution in [2.24, 2.45) is 0 Å². The summed E-state index contributed by atoms with van der Waals surface area (Å²) in [7, 11) is 0. The van der Waals surface area contributed by atoms with Crippen molar-refractivity contribution >= 4 is 10.9 Å². The van der Waals surface area contributed by atoms with Gasteiger partial charge in [0.25, 0.3) is 0 Å². The molecular weight excluding hydrogens is 200 g/mol. The van der Waals surface area contributed by atoms with E-state index >= 15 is 0 Å². The summed E-state index contributed by atoms with van der Waals surface area (Å²) in [6.07, 6.45) is 2.04. The van der Waals surface area contributed by atoms with Crippen LogP contribution in [0, 0.1) is 0 Å². The fourth-order valence-corrected chi connectivity index (χ4v) is 2.14. The third kappa shape index (κ3) is 1.10. The summed E-state index contributed by atoms with van der Waals surface area (Å²) in [5.74, 6) is 0. The zero-order valence-corrected chi connectivity index (χ0v) is 8.51. The number of nitrogens with zero attached hydrogens (tertiary/aromatic N) is 4. The van der Waals surface area contributed by atoms with Gasteiger partial charge in [-0.2, -0.15) is 0 Å². The molecule has 4 nitrogen and oxygen atoms in total. The third-order valence-electron chi connectivity index (χ3n) is 3.11. The zero-order valence-electron chi connectivity index (χ0n) is 8.51. The van der Waals surface area contributed by atoms with E-state index < -0.39 is 0 Å². The Morgan fingerprint density at radius 1 is 0.812 bits per heavy atom. The van der Waals surface area contributed by atoms with Crippen molar-refractivity contribution in [3.8, 4) is 0 Å². The summed E-state index contributed by atoms with van der Waals surface area (Å²) < 4.78 is 0. The molecule has 0 N–H and O–H groups in total. The molecule has 4 rings (SSSR count). The van der Waals surface area contributed by atoms with Crippen molar-refractivity contribution in [3.05, 3.63) is 46.6 Å². The van der Waals surface area contributed by atoms with Gasteiger partial charge in [-0.05, 0) is 39.6 Å². The molecule has 0 unspecified atom stereocenters. The SMILES string of the molecule is c1ccc2c3c(c4c(nnnnc2c1)C4)C3. The Kier molecular flexibility index (Phi) is 1.38. The van der Waals surface area contributed by atoms with Crippen molar-refractivity contribution in [1.29, 1.82) is 0 Å². The predicted octanol–water partition coefficient (Wildman–Crippen LogP) is 1.35. The molecule has 0 radical (unpaired) electrons. The molecule has 0 saturated heterocycles. The van der Waals surface area contributed by atoms with Crippen molar-refractivity contribution in [3.63, 3.8) is 0 Å². The van der Waals surface area contributed by atoms with E-state index in [2.05, 4.69) is 26.7 Å². The molecule has 2 aromatic rings. The lowest BCUT2D eigenvalue weighted by molar-refractivity contribution is 0.798. The van der Waals surface area contributed by atoms with Crippen LogP contribution >= 0.6 is 0 Å². The summed E-state index contributed by atoms with van der Waals surface area (Å²) >= 11 is 0. The van der Waals surface area contributed by atoms with Crippen LogP contribution in [-0.2, 0) is 12.8 Å². The summed E-state index contributed by atoms with van der Waals surface area (Å²) in [5.41, 5.74) is 6.17. The number of hydrogen-bond donors (Lipinski definition) is 0. The number of aromatic nitrogens is 4. The fraction of sp³-hybridized carbons (Fsp3) is 0.167. The van der Waals surface area contributed by atoms with E-state index in [1.54, 1.807) is 0 Å². The van der Waals surface area contributed by atoms with Crippen LogP contribution in [0.4, 0.5) is 0 Å². The van der Waals surface area contributed by atoms with E-state index in [4.69, 9.17) is 0 Å². The van der Waals surface area contributed by atoms with Crippen LogP contribution in [0.3, 0.4) is 0 Å². The summed E-state index contributed by atoms with van der Waals surface area (Å²) in [5, 5.41) is 16.7. The molecule has 0 saturated carbocycles. The van der Waals surface area contributed by atoms with Gasteiger partial charge in [0, 0.05) is 11.8 Å². The Morgan fingerprint density at radius 2 is 1.69 bits per heavy atom. The van der Waals surface area contributed by atoms with Crippen molar-refractivity contribution in [2.75, 3.05) is 0 Å². The predicted molar refractivity (Wildman–Crippen MR) is 58.4 cm³/mol. The fourth-order valence-electron chi connectivity index (χ4n) is 2.14. The highest BCUT2D eigenvalue weighted by Crippen LogP contribution is 2.41. The van der Waals surface area contributed by atoms with Crippen LogP contribution in [-0.4, -0.2) is 20.6 Å². The van der Waals surface area contributed by atoms with Crippen LogP contribution in [0.5, 0.6) is 0 Å². The highest BCUT2D eigenvalue weighted by atomic mass is 15.4. The van der Waals surface area contributed by atoms with E-state index in [0.29, 0.717) is 0 Å². The van der Waals surface area contributed by atoms with Gasteiger partial charge in [-0.1, -0.05) is 18.2 Å². The van der Waals surface area contributed by atoms with E-state index in [1.807, 2.05) is 18.2 Å². The van der Waals surface area contributed by atoms with Gasteiger partial charge in [-0.25, -0.2) is 0 Å². The van der Waals surface area contributed by atoms with Gasteiger partial charge in [0.15, 0.2) is 0 Å². The van der Waals surface area contributed by atoms with Crippen LogP contribution in [0.2, 0.25) is 0 Å². The summed E-state index contributed by atoms with van der Waals surface area (Å²) in [6, 6.07) is 8.05. The van der Waals surface area contributed by atoms with Gasteiger partial charge in [-0.15, -0.1) is 10.2 Å². The molecule has 16 heavy (non-hydrogen) atoms. The van der Waals surface area contributed by atoms with Gasteiger partial charge in [0.2, 0.25) is 0 Å². The van der Waals surface area contributed by atoms with Gasteiger partial charge < -0.3 is 0 Å². The Bertz CT molecular complexity index is 677. The lowest BCUT2D eigenvalue weighted by atomic mass is 10.2. The summed E-state index contributed by atoms with van der Waals surface area (Å²) in [6.45, 7) is 0. The van der Waals surface area contributed by atoms with E-state index in [9.17, 15) is 0 Å². The molecule has 0 spiro atoms. The second-order valence-electron chi connectivity index (χ2n) is 4.13. The maximum atomic E-state index is 4.09. The molecule has 2 aliphatic rings. The molecule has 4 heteroatoms. The number of fused-ring (bicyclic) bond motifs is 5. The molecule has 2 aliphatic carbocycles. The first-order valence-electron chi connectivity index (χ1n) is 5.29. The van der Waals surface area contributed by atoms with Crippen LogP contribution in [0.1, 0.15) is 22.4 Å². The lowest BCUT2D eigenvalue weighted by Gasteiger charge is -1.88. The second-order valence-corrected chi connectivity index (χ2v) is 4.13. The molecule has 1 heterocycles. The first-order valence-corrected chi connectivity index (χ1v) is 5.29. The maximum Gasteiger partial charge on any atom is 0.0950 e. The monoisotopic (exact) mass is 208 g/mol. The zero-order chi connectivity index (χ0) is 10.5. The average molecular weight is 208 g/mol. The number of rotatable bonds is 0. The van der Waals surface area contributed by atoms with Crippen LogP contribution < -0.4 is 0 Å². The Hall–Kier alpha value is -2.10. The quantitative estimate of drug-likeness (QED) is 0.437. The molecule has 1 aromatic carbocycles. The highest BCUT2D eigenvalue weighted by molar-refractivity contribution is 5.86. The molecule has 0 fully saturated rings. The van der Waals surface area contributed by atoms with Crippen molar-refractivity contribution in [1.82, 2.24) is 20.6 Å². The normalized spacial score (nSPS) is 13.8. The standard InChI is InChI=1S/C12H8N4/c1-2-4-11-7(3-1)8-5-9(8)10-6-12(10)14-16-15-13-11/h1-4H,5-6H2. The van der Waals surface area contributed by atoms with E-state index in [1.165, 1.54) is 22.1 Å².